The molecule has 1 fully saturated rings. The summed E-state index contributed by atoms with van der Waals surface area (Å²) in [5.41, 5.74) is -0.950. The molecular weight excluding hydrogens is 505 g/mol. The highest BCUT2D eigenvalue weighted by Gasteiger charge is 2.32. The summed E-state index contributed by atoms with van der Waals surface area (Å²) < 4.78 is 44.7. The van der Waals surface area contributed by atoms with Gasteiger partial charge < -0.3 is 19.6 Å². The van der Waals surface area contributed by atoms with Gasteiger partial charge in [-0.05, 0) is 58.2 Å². The number of alkyl halides is 3. The zero-order valence-electron chi connectivity index (χ0n) is 21.7. The summed E-state index contributed by atoms with van der Waals surface area (Å²) in [5, 5.41) is 9.31. The van der Waals surface area contributed by atoms with Crippen LogP contribution in [0.15, 0.2) is 30.5 Å². The number of aliphatic carboxylic acids is 1. The van der Waals surface area contributed by atoms with Crippen molar-refractivity contribution >= 4 is 18.0 Å². The molecule has 1 aliphatic heterocycles. The average Bonchev–Trinajstić information content (AvgIpc) is 2.81. The SMILES string of the molecule is Cc1nc(C2CCN(C(=O)OC(C)(C)C)CC2)ncc1C(=O)N(CC(=O)O)Cc1cccc(C(F)(F)F)c1. The molecule has 0 aliphatic carbocycles. The first-order chi connectivity index (χ1) is 17.6. The Morgan fingerprint density at radius 2 is 1.82 bits per heavy atom. The molecule has 12 heteroatoms. The van der Waals surface area contributed by atoms with Crippen LogP contribution in [0.3, 0.4) is 0 Å². The lowest BCUT2D eigenvalue weighted by Crippen LogP contribution is -2.41. The largest absolute Gasteiger partial charge is 0.480 e. The van der Waals surface area contributed by atoms with Gasteiger partial charge in [0, 0.05) is 31.7 Å². The smallest absolute Gasteiger partial charge is 0.416 e. The van der Waals surface area contributed by atoms with Crippen molar-refractivity contribution in [2.45, 2.75) is 64.8 Å². The number of aromatic nitrogens is 2. The van der Waals surface area contributed by atoms with E-state index >= 15 is 0 Å². The molecule has 0 bridgehead atoms. The molecule has 3 rings (SSSR count). The number of likely N-dealkylation sites (tertiary alicyclic amines) is 1. The Labute approximate surface area is 218 Å². The van der Waals surface area contributed by atoms with E-state index in [4.69, 9.17) is 4.74 Å². The van der Waals surface area contributed by atoms with Crippen LogP contribution in [0.4, 0.5) is 18.0 Å². The molecule has 2 amide bonds. The molecule has 0 unspecified atom stereocenters. The molecule has 0 atom stereocenters. The standard InChI is InChI=1S/C26H31F3N4O5/c1-16-20(13-30-22(31-16)18-8-10-32(11-9-18)24(37)38-25(2,3)4)23(36)33(15-21(34)35)14-17-6-5-7-19(12-17)26(27,28)29/h5-7,12-13,18H,8-11,14-15H2,1-4H3,(H,34,35). The lowest BCUT2D eigenvalue weighted by atomic mass is 9.96. The van der Waals surface area contributed by atoms with Crippen LogP contribution in [0.2, 0.25) is 0 Å². The van der Waals surface area contributed by atoms with E-state index in [1.165, 1.54) is 18.3 Å². The van der Waals surface area contributed by atoms with Crippen molar-refractivity contribution in [2.75, 3.05) is 19.6 Å². The number of carboxylic acids is 1. The maximum absolute atomic E-state index is 13.2. The van der Waals surface area contributed by atoms with E-state index in [2.05, 4.69) is 9.97 Å². The quantitative estimate of drug-likeness (QED) is 0.572. The number of carboxylic acid groups (broad SMARTS) is 1. The molecule has 0 saturated carbocycles. The van der Waals surface area contributed by atoms with Gasteiger partial charge in [-0.1, -0.05) is 12.1 Å². The van der Waals surface area contributed by atoms with Gasteiger partial charge in [-0.25, -0.2) is 14.8 Å². The van der Waals surface area contributed by atoms with Gasteiger partial charge in [-0.2, -0.15) is 13.2 Å². The molecule has 2 heterocycles. The Hall–Kier alpha value is -3.70. The second kappa shape index (κ2) is 11.4. The summed E-state index contributed by atoms with van der Waals surface area (Å²) >= 11 is 0. The number of benzene rings is 1. The van der Waals surface area contributed by atoms with E-state index in [9.17, 15) is 32.7 Å². The first-order valence-electron chi connectivity index (χ1n) is 12.1. The van der Waals surface area contributed by atoms with Crippen LogP contribution in [0.5, 0.6) is 0 Å². The number of nitrogens with zero attached hydrogens (tertiary/aromatic N) is 4. The number of hydrogen-bond acceptors (Lipinski definition) is 6. The molecule has 1 aliphatic rings. The highest BCUT2D eigenvalue weighted by Crippen LogP contribution is 2.30. The van der Waals surface area contributed by atoms with Crippen LogP contribution in [0, 0.1) is 6.92 Å². The highest BCUT2D eigenvalue weighted by molar-refractivity contribution is 5.96. The summed E-state index contributed by atoms with van der Waals surface area (Å²) in [6, 6.07) is 4.39. The van der Waals surface area contributed by atoms with Crippen LogP contribution >= 0.6 is 0 Å². The Kier molecular flexibility index (Phi) is 8.63. The summed E-state index contributed by atoms with van der Waals surface area (Å²) in [7, 11) is 0. The number of ether oxygens (including phenoxy) is 1. The normalized spacial score (nSPS) is 14.8. The van der Waals surface area contributed by atoms with E-state index in [-0.39, 0.29) is 29.7 Å². The highest BCUT2D eigenvalue weighted by atomic mass is 19.4. The Balaban J connectivity index is 1.73. The van der Waals surface area contributed by atoms with Gasteiger partial charge in [0.2, 0.25) is 0 Å². The van der Waals surface area contributed by atoms with Gasteiger partial charge in [-0.15, -0.1) is 0 Å². The lowest BCUT2D eigenvalue weighted by molar-refractivity contribution is -0.139. The van der Waals surface area contributed by atoms with Gasteiger partial charge in [0.05, 0.1) is 16.8 Å². The number of halogens is 3. The predicted molar refractivity (Wildman–Crippen MR) is 130 cm³/mol. The Morgan fingerprint density at radius 3 is 2.37 bits per heavy atom. The third kappa shape index (κ3) is 7.65. The van der Waals surface area contributed by atoms with E-state index in [0.29, 0.717) is 37.4 Å². The second-order valence-electron chi connectivity index (χ2n) is 10.2. The third-order valence-electron chi connectivity index (χ3n) is 5.98. The van der Waals surface area contributed by atoms with Crippen molar-refractivity contribution in [1.82, 2.24) is 19.8 Å². The fourth-order valence-electron chi connectivity index (χ4n) is 4.14. The van der Waals surface area contributed by atoms with E-state index in [0.717, 1.165) is 17.0 Å². The predicted octanol–water partition coefficient (Wildman–Crippen LogP) is 4.65. The fourth-order valence-corrected chi connectivity index (χ4v) is 4.14. The lowest BCUT2D eigenvalue weighted by Gasteiger charge is -2.33. The molecule has 1 saturated heterocycles. The molecule has 0 radical (unpaired) electrons. The van der Waals surface area contributed by atoms with Crippen LogP contribution in [0.25, 0.3) is 0 Å². The Morgan fingerprint density at radius 1 is 1.16 bits per heavy atom. The van der Waals surface area contributed by atoms with Crippen molar-refractivity contribution in [2.24, 2.45) is 0 Å². The number of hydrogen-bond donors (Lipinski definition) is 1. The van der Waals surface area contributed by atoms with Crippen molar-refractivity contribution < 1.29 is 37.4 Å². The minimum Gasteiger partial charge on any atom is -0.480 e. The van der Waals surface area contributed by atoms with Gasteiger partial charge in [0.1, 0.15) is 18.0 Å². The number of amides is 2. The number of carbonyl (C=O) groups is 3. The summed E-state index contributed by atoms with van der Waals surface area (Å²) in [4.78, 5) is 48.3. The summed E-state index contributed by atoms with van der Waals surface area (Å²) in [6.45, 7) is 6.88. The van der Waals surface area contributed by atoms with Crippen molar-refractivity contribution in [3.8, 4) is 0 Å². The van der Waals surface area contributed by atoms with Crippen LogP contribution in [0.1, 0.15) is 72.5 Å². The van der Waals surface area contributed by atoms with E-state index in [1.807, 2.05) is 0 Å². The van der Waals surface area contributed by atoms with Crippen LogP contribution in [-0.2, 0) is 22.3 Å². The Bertz CT molecular complexity index is 1190. The molecule has 1 aromatic heterocycles. The molecule has 2 aromatic rings. The summed E-state index contributed by atoms with van der Waals surface area (Å²) in [5.74, 6) is -1.55. The average molecular weight is 537 g/mol. The van der Waals surface area contributed by atoms with Crippen molar-refractivity contribution in [3.05, 3.63) is 58.7 Å². The molecule has 206 valence electrons. The molecule has 0 spiro atoms. The van der Waals surface area contributed by atoms with Gasteiger partial charge >= 0.3 is 18.2 Å². The minimum atomic E-state index is -4.57. The minimum absolute atomic E-state index is 0.0447. The maximum Gasteiger partial charge on any atom is 0.416 e. The first-order valence-corrected chi connectivity index (χ1v) is 12.1. The molecular formula is C26H31F3N4O5. The van der Waals surface area contributed by atoms with Gasteiger partial charge in [-0.3, -0.25) is 9.59 Å². The van der Waals surface area contributed by atoms with Crippen LogP contribution in [-0.4, -0.2) is 68.1 Å². The summed E-state index contributed by atoms with van der Waals surface area (Å²) in [6.07, 6.45) is -2.42. The number of rotatable bonds is 6. The fraction of sp³-hybridized carbons (Fsp3) is 0.500. The topological polar surface area (TPSA) is 113 Å². The van der Waals surface area contributed by atoms with E-state index in [1.54, 1.807) is 32.6 Å². The number of piperidine rings is 1. The van der Waals surface area contributed by atoms with Crippen LogP contribution < -0.4 is 0 Å². The zero-order valence-corrected chi connectivity index (χ0v) is 21.7. The van der Waals surface area contributed by atoms with E-state index < -0.39 is 35.8 Å². The zero-order chi connectivity index (χ0) is 28.3. The maximum atomic E-state index is 13.2. The van der Waals surface area contributed by atoms with Gasteiger partial charge in [0.25, 0.3) is 5.91 Å². The first kappa shape index (κ1) is 28.9. The van der Waals surface area contributed by atoms with Gasteiger partial charge in [0.15, 0.2) is 0 Å². The van der Waals surface area contributed by atoms with Crippen molar-refractivity contribution in [3.63, 3.8) is 0 Å². The molecule has 38 heavy (non-hydrogen) atoms. The second-order valence-corrected chi connectivity index (χ2v) is 10.2. The molecule has 1 aromatic carbocycles. The monoisotopic (exact) mass is 536 g/mol. The van der Waals surface area contributed by atoms with Crippen molar-refractivity contribution in [1.29, 1.82) is 0 Å². The number of aryl methyl sites for hydroxylation is 1. The number of carbonyl (C=O) groups excluding carboxylic acids is 2. The molecule has 1 N–H and O–H groups in total. The molecule has 9 nitrogen and oxygen atoms in total. The third-order valence-corrected chi connectivity index (χ3v) is 5.98.